The van der Waals surface area contributed by atoms with Crippen molar-refractivity contribution in [3.63, 3.8) is 0 Å². The van der Waals surface area contributed by atoms with Crippen LogP contribution in [0.15, 0.2) is 30.3 Å². The van der Waals surface area contributed by atoms with Crippen LogP contribution in [0.5, 0.6) is 0 Å². The molecule has 0 radical (unpaired) electrons. The van der Waals surface area contributed by atoms with Gasteiger partial charge in [0.2, 0.25) is 0 Å². The highest BCUT2D eigenvalue weighted by Gasteiger charge is 2.15. The standard InChI is InChI=1S/C40H72O4/c1-3-5-7-9-11-13-15-16-17-19-21-23-25-30-34-42-36-39(37-43-35-38-31-27-26-28-32-38)44-40(41)33-29-24-22-20-18-14-12-10-8-6-4-2/h26-28,31-32,39H,3-25,29-30,33-37H2,1-2H3/t39-/m1/s1. The molecule has 0 spiro atoms. The van der Waals surface area contributed by atoms with Gasteiger partial charge < -0.3 is 14.2 Å². The van der Waals surface area contributed by atoms with E-state index in [9.17, 15) is 4.79 Å². The lowest BCUT2D eigenvalue weighted by molar-refractivity contribution is -0.156. The molecule has 0 N–H and O–H groups in total. The summed E-state index contributed by atoms with van der Waals surface area (Å²) in [6.45, 7) is 6.59. The van der Waals surface area contributed by atoms with Crippen molar-refractivity contribution in [2.45, 2.75) is 193 Å². The SMILES string of the molecule is CCCCCCCCCCCCCCCCOC[C@H](COCc1ccccc1)OC(=O)CCCCCCCCCCCCC. The van der Waals surface area contributed by atoms with Gasteiger partial charge in [-0.1, -0.05) is 192 Å². The minimum atomic E-state index is -0.342. The van der Waals surface area contributed by atoms with Crippen molar-refractivity contribution >= 4 is 5.97 Å². The van der Waals surface area contributed by atoms with Crippen molar-refractivity contribution in [2.75, 3.05) is 19.8 Å². The Balaban J connectivity index is 2.11. The third-order valence-electron chi connectivity index (χ3n) is 8.64. The summed E-state index contributed by atoms with van der Waals surface area (Å²) in [6.07, 6.45) is 33.1. The van der Waals surface area contributed by atoms with Crippen LogP contribution in [0.25, 0.3) is 0 Å². The third kappa shape index (κ3) is 28.1. The van der Waals surface area contributed by atoms with Gasteiger partial charge in [-0.15, -0.1) is 0 Å². The van der Waals surface area contributed by atoms with Crippen LogP contribution in [0.4, 0.5) is 0 Å². The van der Waals surface area contributed by atoms with Gasteiger partial charge in [-0.25, -0.2) is 0 Å². The van der Waals surface area contributed by atoms with Crippen LogP contribution < -0.4 is 0 Å². The van der Waals surface area contributed by atoms with Crippen LogP contribution >= 0.6 is 0 Å². The van der Waals surface area contributed by atoms with Gasteiger partial charge in [-0.3, -0.25) is 4.79 Å². The number of hydrogen-bond donors (Lipinski definition) is 0. The van der Waals surface area contributed by atoms with Gasteiger partial charge in [0.15, 0.2) is 0 Å². The van der Waals surface area contributed by atoms with Crippen LogP contribution in [0.2, 0.25) is 0 Å². The Kier molecular flexibility index (Phi) is 30.5. The number of ether oxygens (including phenoxy) is 3. The summed E-state index contributed by atoms with van der Waals surface area (Å²) in [7, 11) is 0. The average molecular weight is 617 g/mol. The zero-order valence-electron chi connectivity index (χ0n) is 29.3. The zero-order valence-corrected chi connectivity index (χ0v) is 29.3. The molecule has 44 heavy (non-hydrogen) atoms. The van der Waals surface area contributed by atoms with Crippen LogP contribution in [-0.4, -0.2) is 31.9 Å². The quantitative estimate of drug-likeness (QED) is 0.0571. The van der Waals surface area contributed by atoms with Gasteiger partial charge in [0.1, 0.15) is 6.10 Å². The lowest BCUT2D eigenvalue weighted by Gasteiger charge is -2.18. The summed E-state index contributed by atoms with van der Waals surface area (Å²) in [4.78, 5) is 12.6. The smallest absolute Gasteiger partial charge is 0.306 e. The Hall–Kier alpha value is -1.39. The molecule has 0 saturated heterocycles. The molecule has 0 aliphatic rings. The molecular weight excluding hydrogens is 544 g/mol. The summed E-state index contributed by atoms with van der Waals surface area (Å²) in [6, 6.07) is 10.2. The monoisotopic (exact) mass is 617 g/mol. The van der Waals surface area contributed by atoms with Crippen LogP contribution in [0.3, 0.4) is 0 Å². The van der Waals surface area contributed by atoms with E-state index in [2.05, 4.69) is 26.0 Å². The Morgan fingerprint density at radius 2 is 0.932 bits per heavy atom. The van der Waals surface area contributed by atoms with Crippen molar-refractivity contribution in [3.8, 4) is 0 Å². The van der Waals surface area contributed by atoms with E-state index in [0.29, 0.717) is 26.2 Å². The normalized spacial score (nSPS) is 12.0. The topological polar surface area (TPSA) is 44.8 Å². The maximum atomic E-state index is 12.6. The van der Waals surface area contributed by atoms with Gasteiger partial charge in [0.25, 0.3) is 0 Å². The minimum absolute atomic E-state index is 0.116. The van der Waals surface area contributed by atoms with E-state index in [4.69, 9.17) is 14.2 Å². The lowest BCUT2D eigenvalue weighted by atomic mass is 10.0. The zero-order chi connectivity index (χ0) is 31.6. The molecule has 1 aromatic rings. The van der Waals surface area contributed by atoms with Gasteiger partial charge >= 0.3 is 5.97 Å². The highest BCUT2D eigenvalue weighted by molar-refractivity contribution is 5.69. The minimum Gasteiger partial charge on any atom is -0.457 e. The maximum absolute atomic E-state index is 12.6. The van der Waals surface area contributed by atoms with Gasteiger partial charge in [0.05, 0.1) is 19.8 Å². The fourth-order valence-electron chi connectivity index (χ4n) is 5.79. The summed E-state index contributed by atoms with van der Waals surface area (Å²) in [5, 5.41) is 0. The molecule has 0 bridgehead atoms. The molecule has 0 unspecified atom stereocenters. The molecule has 4 nitrogen and oxygen atoms in total. The highest BCUT2D eigenvalue weighted by Crippen LogP contribution is 2.14. The molecule has 0 aliphatic heterocycles. The first-order valence-corrected chi connectivity index (χ1v) is 19.1. The Labute approximate surface area is 273 Å². The number of rotatable bonds is 34. The second-order valence-electron chi connectivity index (χ2n) is 13.1. The van der Waals surface area contributed by atoms with Crippen molar-refractivity contribution in [1.29, 1.82) is 0 Å². The summed E-state index contributed by atoms with van der Waals surface area (Å²) in [5.41, 5.74) is 1.13. The van der Waals surface area contributed by atoms with Crippen LogP contribution in [-0.2, 0) is 25.6 Å². The van der Waals surface area contributed by atoms with Crippen molar-refractivity contribution in [3.05, 3.63) is 35.9 Å². The van der Waals surface area contributed by atoms with E-state index in [1.54, 1.807) is 0 Å². The van der Waals surface area contributed by atoms with Crippen molar-refractivity contribution in [1.82, 2.24) is 0 Å². The number of unbranched alkanes of at least 4 members (excludes halogenated alkanes) is 23. The molecule has 4 heteroatoms. The molecule has 0 amide bonds. The van der Waals surface area contributed by atoms with Gasteiger partial charge in [-0.05, 0) is 18.4 Å². The van der Waals surface area contributed by atoms with E-state index in [1.165, 1.54) is 141 Å². The van der Waals surface area contributed by atoms with Gasteiger partial charge in [0, 0.05) is 13.0 Å². The molecule has 1 aromatic carbocycles. The Morgan fingerprint density at radius 3 is 1.41 bits per heavy atom. The van der Waals surface area contributed by atoms with Crippen molar-refractivity contribution < 1.29 is 19.0 Å². The first kappa shape index (κ1) is 40.6. The molecule has 256 valence electrons. The molecule has 0 aromatic heterocycles. The number of hydrogen-bond acceptors (Lipinski definition) is 4. The third-order valence-corrected chi connectivity index (χ3v) is 8.64. The summed E-state index contributed by atoms with van der Waals surface area (Å²) >= 11 is 0. The molecule has 0 fully saturated rings. The van der Waals surface area contributed by atoms with E-state index >= 15 is 0 Å². The predicted molar refractivity (Wildman–Crippen MR) is 188 cm³/mol. The Morgan fingerprint density at radius 1 is 0.523 bits per heavy atom. The number of benzene rings is 1. The maximum Gasteiger partial charge on any atom is 0.306 e. The number of carbonyl (C=O) groups excluding carboxylic acids is 1. The Bertz CT molecular complexity index is 707. The summed E-state index contributed by atoms with van der Waals surface area (Å²) < 4.78 is 17.7. The van der Waals surface area contributed by atoms with E-state index in [-0.39, 0.29) is 12.1 Å². The highest BCUT2D eigenvalue weighted by atomic mass is 16.6. The number of esters is 1. The van der Waals surface area contributed by atoms with Crippen LogP contribution in [0, 0.1) is 0 Å². The second kappa shape index (κ2) is 33.0. The largest absolute Gasteiger partial charge is 0.457 e. The van der Waals surface area contributed by atoms with E-state index in [0.717, 1.165) is 31.4 Å². The lowest BCUT2D eigenvalue weighted by Crippen LogP contribution is -2.28. The van der Waals surface area contributed by atoms with Crippen LogP contribution in [0.1, 0.15) is 186 Å². The predicted octanol–water partition coefficient (Wildman–Crippen LogP) is 12.3. The molecular formula is C40H72O4. The first-order valence-electron chi connectivity index (χ1n) is 19.1. The molecule has 1 atom stereocenters. The average Bonchev–Trinajstić information content (AvgIpc) is 3.03. The fourth-order valence-corrected chi connectivity index (χ4v) is 5.79. The van der Waals surface area contributed by atoms with E-state index in [1.807, 2.05) is 18.2 Å². The molecule has 0 saturated carbocycles. The van der Waals surface area contributed by atoms with Gasteiger partial charge in [-0.2, -0.15) is 0 Å². The number of carbonyl (C=O) groups is 1. The molecule has 0 aliphatic carbocycles. The fraction of sp³-hybridized carbons (Fsp3) is 0.825. The first-order chi connectivity index (χ1) is 21.8. The van der Waals surface area contributed by atoms with Crippen molar-refractivity contribution in [2.24, 2.45) is 0 Å². The van der Waals surface area contributed by atoms with E-state index < -0.39 is 0 Å². The molecule has 0 heterocycles. The molecule has 1 rings (SSSR count). The second-order valence-corrected chi connectivity index (χ2v) is 13.1. The summed E-state index contributed by atoms with van der Waals surface area (Å²) in [5.74, 6) is -0.116.